The van der Waals surface area contributed by atoms with Gasteiger partial charge in [-0.3, -0.25) is 14.4 Å². The number of morpholine rings is 1. The molecule has 2 aromatic carbocycles. The highest BCUT2D eigenvalue weighted by Crippen LogP contribution is 2.41. The fourth-order valence-corrected chi connectivity index (χ4v) is 6.31. The van der Waals surface area contributed by atoms with E-state index in [1.807, 2.05) is 24.3 Å². The van der Waals surface area contributed by atoms with Gasteiger partial charge in [0.05, 0.1) is 31.1 Å². The average Bonchev–Trinajstić information content (AvgIpc) is 3.92. The normalized spacial score (nSPS) is 16.4. The quantitative estimate of drug-likeness (QED) is 0.282. The van der Waals surface area contributed by atoms with Crippen molar-refractivity contribution in [3.8, 4) is 11.1 Å². The summed E-state index contributed by atoms with van der Waals surface area (Å²) in [5, 5.41) is 13.8. The Balaban J connectivity index is 1.16. The molecule has 1 saturated heterocycles. The minimum Gasteiger partial charge on any atom is -0.392 e. The SMILES string of the molecule is Cc1c(-c2cccc(N3CCc4cc(C5CC5)ccc4C3=O)c2CO)cc(Nc2ccc(C(=O)N3CCOCC3)cn2)[nH]c1=O. The maximum absolute atomic E-state index is 13.7. The van der Waals surface area contributed by atoms with Gasteiger partial charge in [-0.05, 0) is 84.7 Å². The van der Waals surface area contributed by atoms with Gasteiger partial charge in [-0.2, -0.15) is 0 Å². The van der Waals surface area contributed by atoms with Gasteiger partial charge in [0.15, 0.2) is 0 Å². The number of anilines is 3. The number of benzene rings is 2. The zero-order valence-corrected chi connectivity index (χ0v) is 25.1. The summed E-state index contributed by atoms with van der Waals surface area (Å²) in [6.45, 7) is 4.06. The van der Waals surface area contributed by atoms with Crippen molar-refractivity contribution >= 4 is 29.1 Å². The van der Waals surface area contributed by atoms with E-state index in [4.69, 9.17) is 4.74 Å². The first-order chi connectivity index (χ1) is 21.9. The van der Waals surface area contributed by atoms with Crippen molar-refractivity contribution < 1.29 is 19.4 Å². The molecular weight excluding hydrogens is 570 g/mol. The van der Waals surface area contributed by atoms with Gasteiger partial charge in [0.2, 0.25) is 0 Å². The van der Waals surface area contributed by atoms with E-state index in [1.54, 1.807) is 34.9 Å². The molecule has 2 fully saturated rings. The van der Waals surface area contributed by atoms with Crippen LogP contribution in [0.1, 0.15) is 61.7 Å². The van der Waals surface area contributed by atoms with Crippen LogP contribution in [0.5, 0.6) is 0 Å². The minimum atomic E-state index is -0.308. The monoisotopic (exact) mass is 605 g/mol. The Kier molecular flexibility index (Phi) is 7.68. The fourth-order valence-electron chi connectivity index (χ4n) is 6.31. The molecule has 7 rings (SSSR count). The van der Waals surface area contributed by atoms with Crippen LogP contribution in [0.3, 0.4) is 0 Å². The highest BCUT2D eigenvalue weighted by molar-refractivity contribution is 6.09. The Morgan fingerprint density at radius 1 is 1.02 bits per heavy atom. The number of H-pyrrole nitrogens is 1. The summed E-state index contributed by atoms with van der Waals surface area (Å²) in [7, 11) is 0. The van der Waals surface area contributed by atoms with Crippen molar-refractivity contribution in [2.45, 2.75) is 38.7 Å². The first-order valence-corrected chi connectivity index (χ1v) is 15.4. The molecule has 3 aliphatic rings. The fraction of sp³-hybridized carbons (Fsp3) is 0.314. The van der Waals surface area contributed by atoms with Gasteiger partial charge in [0.25, 0.3) is 17.4 Å². The Morgan fingerprint density at radius 3 is 2.58 bits per heavy atom. The van der Waals surface area contributed by atoms with Crippen LogP contribution >= 0.6 is 0 Å². The Morgan fingerprint density at radius 2 is 1.84 bits per heavy atom. The lowest BCUT2D eigenvalue weighted by Crippen LogP contribution is -2.40. The second kappa shape index (κ2) is 11.9. The van der Waals surface area contributed by atoms with Crippen LogP contribution in [0.15, 0.2) is 65.6 Å². The van der Waals surface area contributed by atoms with E-state index < -0.39 is 0 Å². The molecule has 2 amide bonds. The minimum absolute atomic E-state index is 0.0861. The van der Waals surface area contributed by atoms with Gasteiger partial charge < -0.3 is 29.9 Å². The number of aliphatic hydroxyl groups excluding tert-OH is 1. The number of ether oxygens (including phenoxy) is 1. The first kappa shape index (κ1) is 28.9. The molecule has 0 unspecified atom stereocenters. The maximum atomic E-state index is 13.7. The van der Waals surface area contributed by atoms with E-state index >= 15 is 0 Å². The number of nitrogens with zero attached hydrogens (tertiary/aromatic N) is 3. The number of fused-ring (bicyclic) bond motifs is 1. The third-order valence-electron chi connectivity index (χ3n) is 9.00. The summed E-state index contributed by atoms with van der Waals surface area (Å²) < 4.78 is 5.33. The molecule has 2 aliphatic heterocycles. The number of rotatable bonds is 7. The van der Waals surface area contributed by atoms with E-state index in [0.29, 0.717) is 89.5 Å². The van der Waals surface area contributed by atoms with Crippen molar-refractivity contribution in [1.82, 2.24) is 14.9 Å². The number of carbonyl (C=O) groups is 2. The maximum Gasteiger partial charge on any atom is 0.258 e. The third-order valence-corrected chi connectivity index (χ3v) is 9.00. The van der Waals surface area contributed by atoms with Gasteiger partial charge in [-0.25, -0.2) is 4.98 Å². The number of aliphatic hydroxyl groups is 1. The number of nitrogens with one attached hydrogen (secondary N) is 2. The standard InChI is InChI=1S/C35H35N5O5/c1-21-28(18-32(38-33(21)42)37-31-10-8-25(19-36-31)34(43)39-13-15-45-16-14-39)27-3-2-4-30(29(27)20-41)40-12-11-24-17-23(22-5-6-22)7-9-26(24)35(40)44/h2-4,7-10,17-19,22,41H,5-6,11-16,20H2,1H3,(H2,36,37,38,42). The zero-order chi connectivity index (χ0) is 31.1. The van der Waals surface area contributed by atoms with Crippen LogP contribution in [0.4, 0.5) is 17.3 Å². The molecule has 1 saturated carbocycles. The summed E-state index contributed by atoms with van der Waals surface area (Å²) >= 11 is 0. The summed E-state index contributed by atoms with van der Waals surface area (Å²) in [5.74, 6) is 1.30. The van der Waals surface area contributed by atoms with Crippen molar-refractivity contribution in [3.63, 3.8) is 0 Å². The molecule has 0 spiro atoms. The molecule has 4 aromatic rings. The van der Waals surface area contributed by atoms with Gasteiger partial charge in [0, 0.05) is 42.5 Å². The van der Waals surface area contributed by atoms with E-state index in [-0.39, 0.29) is 24.0 Å². The molecule has 10 heteroatoms. The largest absolute Gasteiger partial charge is 0.392 e. The van der Waals surface area contributed by atoms with E-state index in [0.717, 1.165) is 12.0 Å². The zero-order valence-electron chi connectivity index (χ0n) is 25.1. The number of aromatic amines is 1. The second-order valence-electron chi connectivity index (χ2n) is 11.9. The predicted molar refractivity (Wildman–Crippen MR) is 171 cm³/mol. The lowest BCUT2D eigenvalue weighted by atomic mass is 9.92. The van der Waals surface area contributed by atoms with E-state index in [1.165, 1.54) is 24.6 Å². The molecule has 0 radical (unpaired) electrons. The average molecular weight is 606 g/mol. The molecule has 10 nitrogen and oxygen atoms in total. The number of aromatic nitrogens is 2. The molecule has 4 heterocycles. The number of amides is 2. The van der Waals surface area contributed by atoms with Crippen LogP contribution in [-0.2, 0) is 17.8 Å². The Bertz CT molecular complexity index is 1840. The van der Waals surface area contributed by atoms with Crippen molar-refractivity contribution in [2.75, 3.05) is 43.1 Å². The summed E-state index contributed by atoms with van der Waals surface area (Å²) in [4.78, 5) is 50.3. The summed E-state index contributed by atoms with van der Waals surface area (Å²) in [6, 6.07) is 16.9. The van der Waals surface area contributed by atoms with Crippen LogP contribution in [0, 0.1) is 6.92 Å². The van der Waals surface area contributed by atoms with Gasteiger partial charge in [-0.1, -0.05) is 24.3 Å². The van der Waals surface area contributed by atoms with Crippen LogP contribution in [0.25, 0.3) is 11.1 Å². The molecule has 0 bridgehead atoms. The summed E-state index contributed by atoms with van der Waals surface area (Å²) in [6.07, 6.45) is 4.67. The van der Waals surface area contributed by atoms with E-state index in [9.17, 15) is 19.5 Å². The predicted octanol–water partition coefficient (Wildman–Crippen LogP) is 4.53. The van der Waals surface area contributed by atoms with Gasteiger partial charge in [0.1, 0.15) is 11.6 Å². The number of hydrogen-bond acceptors (Lipinski definition) is 7. The van der Waals surface area contributed by atoms with Crippen LogP contribution in [0.2, 0.25) is 0 Å². The molecule has 3 N–H and O–H groups in total. The molecule has 0 atom stereocenters. The smallest absolute Gasteiger partial charge is 0.258 e. The molecule has 1 aliphatic carbocycles. The van der Waals surface area contributed by atoms with Gasteiger partial charge in [-0.15, -0.1) is 0 Å². The Hall–Kier alpha value is -4.80. The van der Waals surface area contributed by atoms with Crippen molar-refractivity contribution in [2.24, 2.45) is 0 Å². The van der Waals surface area contributed by atoms with Crippen LogP contribution in [-0.4, -0.2) is 64.6 Å². The van der Waals surface area contributed by atoms with Crippen LogP contribution < -0.4 is 15.8 Å². The van der Waals surface area contributed by atoms with E-state index in [2.05, 4.69) is 27.4 Å². The molecular formula is C35H35N5O5. The summed E-state index contributed by atoms with van der Waals surface area (Å²) in [5.41, 5.74) is 6.26. The first-order valence-electron chi connectivity index (χ1n) is 15.4. The molecule has 2 aromatic heterocycles. The number of hydrogen-bond donors (Lipinski definition) is 3. The lowest BCUT2D eigenvalue weighted by Gasteiger charge is -2.31. The highest BCUT2D eigenvalue weighted by Gasteiger charge is 2.30. The Labute approximate surface area is 260 Å². The topological polar surface area (TPSA) is 128 Å². The van der Waals surface area contributed by atoms with Crippen molar-refractivity contribution in [3.05, 3.63) is 105 Å². The third kappa shape index (κ3) is 5.63. The second-order valence-corrected chi connectivity index (χ2v) is 11.9. The van der Waals surface area contributed by atoms with Crippen molar-refractivity contribution in [1.29, 1.82) is 0 Å². The highest BCUT2D eigenvalue weighted by atomic mass is 16.5. The lowest BCUT2D eigenvalue weighted by molar-refractivity contribution is 0.0302. The number of pyridine rings is 2. The number of carbonyl (C=O) groups excluding carboxylic acids is 2. The molecule has 230 valence electrons. The van der Waals surface area contributed by atoms with Gasteiger partial charge >= 0.3 is 0 Å². The molecule has 45 heavy (non-hydrogen) atoms.